The summed E-state index contributed by atoms with van der Waals surface area (Å²) < 4.78 is 11.5. The fraction of sp³-hybridized carbons (Fsp3) is 0.500. The molecule has 0 bridgehead atoms. The number of nitrogens with one attached hydrogen (secondary N) is 2. The highest BCUT2D eigenvalue weighted by atomic mass is 16.5. The van der Waals surface area contributed by atoms with Crippen molar-refractivity contribution in [3.05, 3.63) is 41.6 Å². The summed E-state index contributed by atoms with van der Waals surface area (Å²) in [6.07, 6.45) is 4.32. The van der Waals surface area contributed by atoms with Crippen LogP contribution < -0.4 is 10.1 Å². The van der Waals surface area contributed by atoms with Crippen molar-refractivity contribution in [2.45, 2.75) is 25.2 Å². The second-order valence-electron chi connectivity index (χ2n) is 7.05. The minimum atomic E-state index is -0.0305. The van der Waals surface area contributed by atoms with E-state index in [1.807, 2.05) is 24.3 Å². The Kier molecular flexibility index (Phi) is 5.69. The van der Waals surface area contributed by atoms with Crippen molar-refractivity contribution in [1.29, 1.82) is 0 Å². The van der Waals surface area contributed by atoms with E-state index in [2.05, 4.69) is 20.4 Å². The smallest absolute Gasteiger partial charge is 0.226 e. The molecule has 0 radical (unpaired) electrons. The summed E-state index contributed by atoms with van der Waals surface area (Å²) in [5.74, 6) is 1.52. The highest BCUT2D eigenvalue weighted by molar-refractivity contribution is 5.94. The largest absolute Gasteiger partial charge is 0.493 e. The third kappa shape index (κ3) is 4.31. The molecule has 1 aromatic carbocycles. The summed E-state index contributed by atoms with van der Waals surface area (Å²) in [5, 5.41) is 9.78. The maximum Gasteiger partial charge on any atom is 0.226 e. The van der Waals surface area contributed by atoms with E-state index in [-0.39, 0.29) is 11.8 Å². The first-order chi connectivity index (χ1) is 13.3. The number of unbranched alkanes of at least 4 members (excludes halogenated alkanes) is 1. The fourth-order valence-electron chi connectivity index (χ4n) is 3.77. The maximum atomic E-state index is 12.1. The molecule has 0 saturated carbocycles. The van der Waals surface area contributed by atoms with Crippen molar-refractivity contribution < 1.29 is 14.3 Å². The van der Waals surface area contributed by atoms with Gasteiger partial charge in [0.2, 0.25) is 5.91 Å². The number of benzene rings is 1. The van der Waals surface area contributed by atoms with E-state index >= 15 is 0 Å². The fourth-order valence-corrected chi connectivity index (χ4v) is 3.77. The normalized spacial score (nSPS) is 20.1. The molecule has 7 heteroatoms. The molecular weight excluding hydrogens is 344 g/mol. The number of nitrogens with zero attached hydrogens (tertiary/aromatic N) is 2. The topological polar surface area (TPSA) is 79.5 Å². The van der Waals surface area contributed by atoms with E-state index in [0.29, 0.717) is 18.8 Å². The van der Waals surface area contributed by atoms with Gasteiger partial charge in [0.05, 0.1) is 26.0 Å². The number of hydrogen-bond acceptors (Lipinski definition) is 5. The molecule has 1 unspecified atom stereocenters. The molecule has 2 aliphatic rings. The van der Waals surface area contributed by atoms with Crippen molar-refractivity contribution in [3.8, 4) is 5.75 Å². The SMILES string of the molecule is O=C1CC(c2ccccc2OCCCCN2CCOCC2)c2cn[nH]c2N1. The van der Waals surface area contributed by atoms with Crippen LogP contribution in [0.4, 0.5) is 5.82 Å². The zero-order valence-electron chi connectivity index (χ0n) is 15.4. The Labute approximate surface area is 159 Å². The van der Waals surface area contributed by atoms with Crippen LogP contribution in [0.25, 0.3) is 0 Å². The Balaban J connectivity index is 1.35. The zero-order chi connectivity index (χ0) is 18.5. The number of H-pyrrole nitrogens is 1. The predicted octanol–water partition coefficient (Wildman–Crippen LogP) is 2.38. The molecule has 1 saturated heterocycles. The molecule has 0 aliphatic carbocycles. The van der Waals surface area contributed by atoms with E-state index in [4.69, 9.17) is 9.47 Å². The van der Waals surface area contributed by atoms with E-state index in [1.165, 1.54) is 0 Å². The summed E-state index contributed by atoms with van der Waals surface area (Å²) in [6.45, 7) is 5.51. The summed E-state index contributed by atoms with van der Waals surface area (Å²) in [4.78, 5) is 14.5. The lowest BCUT2D eigenvalue weighted by molar-refractivity contribution is -0.116. The Bertz CT molecular complexity index is 770. The van der Waals surface area contributed by atoms with Crippen molar-refractivity contribution >= 4 is 11.7 Å². The van der Waals surface area contributed by atoms with Gasteiger partial charge in [-0.05, 0) is 25.5 Å². The van der Waals surface area contributed by atoms with Crippen LogP contribution in [0.1, 0.15) is 36.3 Å². The van der Waals surface area contributed by atoms with Crippen LogP contribution in [-0.4, -0.2) is 60.5 Å². The van der Waals surface area contributed by atoms with Gasteiger partial charge < -0.3 is 14.8 Å². The van der Waals surface area contributed by atoms with Gasteiger partial charge in [-0.25, -0.2) is 0 Å². The second kappa shape index (κ2) is 8.54. The van der Waals surface area contributed by atoms with E-state index in [9.17, 15) is 4.79 Å². The van der Waals surface area contributed by atoms with Gasteiger partial charge in [-0.3, -0.25) is 14.8 Å². The van der Waals surface area contributed by atoms with Crippen molar-refractivity contribution in [3.63, 3.8) is 0 Å². The molecule has 2 N–H and O–H groups in total. The van der Waals surface area contributed by atoms with Crippen LogP contribution in [-0.2, 0) is 9.53 Å². The first-order valence-corrected chi connectivity index (χ1v) is 9.66. The van der Waals surface area contributed by atoms with Gasteiger partial charge in [-0.15, -0.1) is 0 Å². The van der Waals surface area contributed by atoms with Gasteiger partial charge in [-0.1, -0.05) is 18.2 Å². The molecule has 1 aromatic heterocycles. The number of carbonyl (C=O) groups excluding carboxylic acids is 1. The predicted molar refractivity (Wildman–Crippen MR) is 102 cm³/mol. The molecule has 1 fully saturated rings. The number of ether oxygens (including phenoxy) is 2. The number of carbonyl (C=O) groups is 1. The van der Waals surface area contributed by atoms with Crippen LogP contribution in [0.2, 0.25) is 0 Å². The molecule has 1 atom stereocenters. The van der Waals surface area contributed by atoms with Gasteiger partial charge >= 0.3 is 0 Å². The number of para-hydroxylation sites is 1. The van der Waals surface area contributed by atoms with Crippen LogP contribution in [0.3, 0.4) is 0 Å². The molecule has 0 spiro atoms. The van der Waals surface area contributed by atoms with Crippen LogP contribution in [0.5, 0.6) is 5.75 Å². The Morgan fingerprint density at radius 3 is 2.93 bits per heavy atom. The molecule has 2 aromatic rings. The third-order valence-corrected chi connectivity index (χ3v) is 5.22. The van der Waals surface area contributed by atoms with Crippen molar-refractivity contribution in [2.75, 3.05) is 44.8 Å². The van der Waals surface area contributed by atoms with Gasteiger partial charge in [-0.2, -0.15) is 5.10 Å². The first-order valence-electron chi connectivity index (χ1n) is 9.66. The number of anilines is 1. The highest BCUT2D eigenvalue weighted by Gasteiger charge is 2.29. The van der Waals surface area contributed by atoms with E-state index < -0.39 is 0 Å². The lowest BCUT2D eigenvalue weighted by Gasteiger charge is -2.26. The van der Waals surface area contributed by atoms with E-state index in [1.54, 1.807) is 6.20 Å². The number of amides is 1. The van der Waals surface area contributed by atoms with Crippen molar-refractivity contribution in [2.24, 2.45) is 0 Å². The molecule has 7 nitrogen and oxygen atoms in total. The standard InChI is InChI=1S/C20H26N4O3/c25-19-13-16(17-14-21-23-20(17)22-19)15-5-1-2-6-18(15)27-10-4-3-7-24-8-11-26-12-9-24/h1-2,5-6,14,16H,3-4,7-13H2,(H2,21,22,23,25). The molecule has 27 heavy (non-hydrogen) atoms. The average Bonchev–Trinajstić information content (AvgIpc) is 3.17. The summed E-state index contributed by atoms with van der Waals surface area (Å²) >= 11 is 0. The molecule has 3 heterocycles. The quantitative estimate of drug-likeness (QED) is 0.732. The average molecular weight is 370 g/mol. The monoisotopic (exact) mass is 370 g/mol. The van der Waals surface area contributed by atoms with Crippen molar-refractivity contribution in [1.82, 2.24) is 15.1 Å². The Hall–Kier alpha value is -2.38. The minimum Gasteiger partial charge on any atom is -0.493 e. The Morgan fingerprint density at radius 1 is 1.19 bits per heavy atom. The maximum absolute atomic E-state index is 12.1. The zero-order valence-corrected chi connectivity index (χ0v) is 15.4. The Morgan fingerprint density at radius 2 is 2.04 bits per heavy atom. The molecule has 1 amide bonds. The molecule has 4 rings (SSSR count). The van der Waals surface area contributed by atoms with Gasteiger partial charge in [0.15, 0.2) is 0 Å². The molecule has 144 valence electrons. The number of hydrogen-bond donors (Lipinski definition) is 2. The summed E-state index contributed by atoms with van der Waals surface area (Å²) in [5.41, 5.74) is 2.06. The van der Waals surface area contributed by atoms with Crippen LogP contribution >= 0.6 is 0 Å². The minimum absolute atomic E-state index is 0.00272. The van der Waals surface area contributed by atoms with E-state index in [0.717, 1.165) is 62.6 Å². The third-order valence-electron chi connectivity index (χ3n) is 5.22. The summed E-state index contributed by atoms with van der Waals surface area (Å²) in [7, 11) is 0. The number of aromatic amines is 1. The number of morpholine rings is 1. The van der Waals surface area contributed by atoms with Gasteiger partial charge in [0, 0.05) is 36.6 Å². The lowest BCUT2D eigenvalue weighted by atomic mass is 9.87. The summed E-state index contributed by atoms with van der Waals surface area (Å²) in [6, 6.07) is 8.01. The number of rotatable bonds is 7. The van der Waals surface area contributed by atoms with Gasteiger partial charge in [0.1, 0.15) is 11.6 Å². The van der Waals surface area contributed by atoms with Crippen LogP contribution in [0, 0.1) is 0 Å². The number of fused-ring (bicyclic) bond motifs is 1. The van der Waals surface area contributed by atoms with Crippen LogP contribution in [0.15, 0.2) is 30.5 Å². The van der Waals surface area contributed by atoms with Gasteiger partial charge in [0.25, 0.3) is 0 Å². The second-order valence-corrected chi connectivity index (χ2v) is 7.05. The lowest BCUT2D eigenvalue weighted by Crippen LogP contribution is -2.36. The molecule has 2 aliphatic heterocycles. The number of aromatic nitrogens is 2. The molecular formula is C20H26N4O3. The first kappa shape index (κ1) is 18.0. The highest BCUT2D eigenvalue weighted by Crippen LogP contribution is 2.39.